The summed E-state index contributed by atoms with van der Waals surface area (Å²) in [6, 6.07) is 15.3. The minimum atomic E-state index is -3.41. The number of amides is 2. The van der Waals surface area contributed by atoms with Crippen LogP contribution in [0.3, 0.4) is 0 Å². The number of aromatic nitrogens is 3. The van der Waals surface area contributed by atoms with Crippen molar-refractivity contribution in [2.45, 2.75) is 94.7 Å². The lowest BCUT2D eigenvalue weighted by Crippen LogP contribution is -2.45. The van der Waals surface area contributed by atoms with Gasteiger partial charge in [0.1, 0.15) is 0 Å². The monoisotopic (exact) mass is 705 g/mol. The number of esters is 1. The Bertz CT molecular complexity index is 1700. The summed E-state index contributed by atoms with van der Waals surface area (Å²) < 4.78 is 29.9. The zero-order chi connectivity index (χ0) is 35.6. The largest absolute Gasteiger partial charge is 0.469 e. The molecule has 3 aliphatic rings. The summed E-state index contributed by atoms with van der Waals surface area (Å²) in [6.45, 7) is 6.51. The quantitative estimate of drug-likeness (QED) is 0.107. The fourth-order valence-electron chi connectivity index (χ4n) is 8.31. The van der Waals surface area contributed by atoms with Crippen molar-refractivity contribution in [1.29, 1.82) is 0 Å². The van der Waals surface area contributed by atoms with Gasteiger partial charge in [-0.2, -0.15) is 0 Å². The maximum atomic E-state index is 16.5. The summed E-state index contributed by atoms with van der Waals surface area (Å²) in [4.78, 5) is 43.0. The number of hydrogen-bond acceptors (Lipinski definition) is 8. The normalized spacial score (nSPS) is 24.2. The summed E-state index contributed by atoms with van der Waals surface area (Å²) in [6.07, 6.45) is 5.22. The van der Waals surface area contributed by atoms with E-state index in [1.165, 1.54) is 7.11 Å². The second-order valence-electron chi connectivity index (χ2n) is 14.3. The number of anilines is 2. The molecule has 3 aliphatic heterocycles. The second-order valence-corrected chi connectivity index (χ2v) is 18.1. The molecule has 1 N–H and O–H groups in total. The van der Waals surface area contributed by atoms with E-state index in [4.69, 9.17) is 9.47 Å². The van der Waals surface area contributed by atoms with Crippen LogP contribution in [0.1, 0.15) is 74.6 Å². The van der Waals surface area contributed by atoms with E-state index < -0.39 is 31.6 Å². The Kier molecular flexibility index (Phi) is 10.6. The third-order valence-corrected chi connectivity index (χ3v) is 13.2. The fraction of sp³-hybridized carbons (Fsp3) is 0.541. The summed E-state index contributed by atoms with van der Waals surface area (Å²) in [7, 11) is -2.05. The van der Waals surface area contributed by atoms with Crippen molar-refractivity contribution in [1.82, 2.24) is 15.0 Å². The first-order chi connectivity index (χ1) is 24.0. The third kappa shape index (κ3) is 6.74. The Morgan fingerprint density at radius 1 is 1.14 bits per heavy atom. The number of nitrogens with zero attached hydrogens (tertiary/aromatic N) is 5. The van der Waals surface area contributed by atoms with Gasteiger partial charge in [-0.05, 0) is 69.0 Å². The number of halogens is 1. The predicted octanol–water partition coefficient (Wildman–Crippen LogP) is 5.47. The Labute approximate surface area is 293 Å². The molecule has 3 aromatic rings. The molecule has 4 heterocycles. The third-order valence-electron chi connectivity index (χ3n) is 10.8. The molecule has 6 rings (SSSR count). The molecule has 50 heavy (non-hydrogen) atoms. The van der Waals surface area contributed by atoms with Crippen LogP contribution in [0.15, 0.2) is 54.7 Å². The highest BCUT2D eigenvalue weighted by Gasteiger charge is 2.66. The fourth-order valence-corrected chi connectivity index (χ4v) is 10.9. The van der Waals surface area contributed by atoms with Gasteiger partial charge in [-0.3, -0.25) is 19.1 Å². The highest BCUT2D eigenvalue weighted by molar-refractivity contribution is 6.72. The lowest BCUT2D eigenvalue weighted by molar-refractivity contribution is -0.146. The Hall–Kier alpha value is -3.94. The Balaban J connectivity index is 1.31. The van der Waals surface area contributed by atoms with Crippen LogP contribution >= 0.6 is 0 Å². The number of aliphatic hydroxyl groups excluding tert-OH is 1. The number of aryl methyl sites for hydroxylation is 1. The second kappa shape index (κ2) is 14.7. The van der Waals surface area contributed by atoms with Gasteiger partial charge in [-0.1, -0.05) is 42.5 Å². The van der Waals surface area contributed by atoms with Gasteiger partial charge in [0.2, 0.25) is 14.3 Å². The number of rotatable bonds is 13. The molecule has 2 saturated heterocycles. The maximum Gasteiger partial charge on any atom is 0.305 e. The molecule has 0 radical (unpaired) electrons. The van der Waals surface area contributed by atoms with Crippen LogP contribution in [-0.2, 0) is 36.0 Å². The van der Waals surface area contributed by atoms with Crippen molar-refractivity contribution < 1.29 is 33.1 Å². The van der Waals surface area contributed by atoms with Crippen LogP contribution in [0.5, 0.6) is 0 Å². The van der Waals surface area contributed by atoms with Crippen LogP contribution in [0.25, 0.3) is 0 Å². The predicted molar refractivity (Wildman–Crippen MR) is 189 cm³/mol. The van der Waals surface area contributed by atoms with E-state index in [0.29, 0.717) is 67.9 Å². The van der Waals surface area contributed by atoms with Crippen molar-refractivity contribution in [3.8, 4) is 0 Å². The number of methoxy groups -OCH3 is 1. The molecule has 2 amide bonds. The number of ether oxygens (including phenoxy) is 2. The van der Waals surface area contributed by atoms with Gasteiger partial charge in [0, 0.05) is 61.4 Å². The maximum absolute atomic E-state index is 16.5. The number of fused-ring (bicyclic) bond motifs is 2. The van der Waals surface area contributed by atoms with Crippen LogP contribution in [0, 0.1) is 5.92 Å². The van der Waals surface area contributed by atoms with Crippen molar-refractivity contribution in [3.05, 3.63) is 71.5 Å². The smallest absolute Gasteiger partial charge is 0.305 e. The number of carbonyl (C=O) groups excluding carboxylic acids is 3. The Morgan fingerprint density at radius 2 is 1.92 bits per heavy atom. The van der Waals surface area contributed by atoms with Crippen molar-refractivity contribution in [3.63, 3.8) is 0 Å². The van der Waals surface area contributed by atoms with Gasteiger partial charge in [0.05, 0.1) is 37.1 Å². The van der Waals surface area contributed by atoms with Gasteiger partial charge in [-0.15, -0.1) is 5.10 Å². The van der Waals surface area contributed by atoms with Gasteiger partial charge in [0.15, 0.2) is 5.60 Å². The molecule has 1 spiro atoms. The molecule has 1 aromatic heterocycles. The summed E-state index contributed by atoms with van der Waals surface area (Å²) >= 11 is 0. The number of benzene rings is 2. The molecule has 5 atom stereocenters. The zero-order valence-corrected chi connectivity index (χ0v) is 30.4. The lowest BCUT2D eigenvalue weighted by atomic mass is 9.82. The molecular formula is C37H48FN5O6Si. The van der Waals surface area contributed by atoms with Crippen LogP contribution in [-0.4, -0.2) is 79.2 Å². The summed E-state index contributed by atoms with van der Waals surface area (Å²) in [5.74, 6) is -1.30. The highest BCUT2D eigenvalue weighted by Crippen LogP contribution is 2.60. The first-order valence-electron chi connectivity index (χ1n) is 17.8. The van der Waals surface area contributed by atoms with Gasteiger partial charge in [-0.25, -0.2) is 0 Å². The lowest BCUT2D eigenvalue weighted by Gasteiger charge is -2.32. The number of unbranched alkanes of at least 4 members (excludes halogenated alkanes) is 1. The minimum Gasteiger partial charge on any atom is -0.469 e. The molecule has 0 aliphatic carbocycles. The van der Waals surface area contributed by atoms with E-state index in [0.717, 1.165) is 18.4 Å². The van der Waals surface area contributed by atoms with Crippen molar-refractivity contribution in [2.24, 2.45) is 5.92 Å². The summed E-state index contributed by atoms with van der Waals surface area (Å²) in [5, 5.41) is 18.8. The zero-order valence-electron chi connectivity index (χ0n) is 29.4. The molecule has 0 bridgehead atoms. The SMILES string of the molecule is COC(=O)CCCCN1C(=O)[C@]2(O[C@H](CCn3cc(C(CO)c4ccccc4)nn3)[C@@H]([Si](C)(C)F)[C@@H]2C)c2cc(N3CCCCC3=O)ccc21. The molecular weight excluding hydrogens is 658 g/mol. The average molecular weight is 706 g/mol. The van der Waals surface area contributed by atoms with E-state index in [9.17, 15) is 19.5 Å². The van der Waals surface area contributed by atoms with Crippen LogP contribution < -0.4 is 9.80 Å². The number of piperidine rings is 1. The van der Waals surface area contributed by atoms with E-state index in [2.05, 4.69) is 10.3 Å². The topological polar surface area (TPSA) is 127 Å². The molecule has 2 aromatic carbocycles. The minimum absolute atomic E-state index is 0.0468. The number of aliphatic hydroxyl groups is 1. The molecule has 13 heteroatoms. The Morgan fingerprint density at radius 3 is 2.62 bits per heavy atom. The van der Waals surface area contributed by atoms with E-state index in [1.807, 2.05) is 61.7 Å². The molecule has 2 fully saturated rings. The number of carbonyl (C=O) groups is 3. The average Bonchev–Trinajstić information content (AvgIpc) is 3.76. The molecule has 11 nitrogen and oxygen atoms in total. The number of hydrogen-bond donors (Lipinski definition) is 1. The first-order valence-corrected chi connectivity index (χ1v) is 20.7. The summed E-state index contributed by atoms with van der Waals surface area (Å²) in [5.41, 5.74) is 1.71. The molecule has 268 valence electrons. The van der Waals surface area contributed by atoms with Crippen molar-refractivity contribution >= 4 is 37.6 Å². The van der Waals surface area contributed by atoms with E-state index >= 15 is 4.11 Å². The highest BCUT2D eigenvalue weighted by atomic mass is 28.4. The van der Waals surface area contributed by atoms with Crippen LogP contribution in [0.2, 0.25) is 18.6 Å². The van der Waals surface area contributed by atoms with E-state index in [-0.39, 0.29) is 36.7 Å². The van der Waals surface area contributed by atoms with Gasteiger partial charge in [0.25, 0.3) is 5.91 Å². The van der Waals surface area contributed by atoms with Gasteiger partial charge < -0.3 is 28.5 Å². The molecule has 0 saturated carbocycles. The standard InChI is InChI=1S/C37H48FN5O6Si/c1-25-35(50(3,4)38)32(18-21-41-23-30(39-40-41)28(24-44)26-12-6-5-7-13-26)49-37(25)29-22-27(42-19-10-8-14-33(42)45)16-17-31(29)43(36(37)47)20-11-9-15-34(46)48-2/h5-7,12-13,16-17,22-23,25,28,32,35,44H,8-11,14-15,18-21,24H2,1-4H3/t25-,28?,32+,35-,37+/m0/s1. The van der Waals surface area contributed by atoms with Crippen molar-refractivity contribution in [2.75, 3.05) is 36.6 Å². The molecule has 1 unspecified atom stereocenters. The van der Waals surface area contributed by atoms with Gasteiger partial charge >= 0.3 is 5.97 Å². The van der Waals surface area contributed by atoms with Crippen LogP contribution in [0.4, 0.5) is 15.5 Å². The first kappa shape index (κ1) is 35.9. The van der Waals surface area contributed by atoms with E-state index in [1.54, 1.807) is 27.6 Å².